The van der Waals surface area contributed by atoms with Gasteiger partial charge in [0.1, 0.15) is 35.4 Å². The van der Waals surface area contributed by atoms with E-state index < -0.39 is 114 Å². The van der Waals surface area contributed by atoms with Gasteiger partial charge in [-0.2, -0.15) is 26.3 Å². The van der Waals surface area contributed by atoms with Gasteiger partial charge >= 0.3 is 24.5 Å². The number of piperidine rings is 1. The van der Waals surface area contributed by atoms with Crippen molar-refractivity contribution in [3.05, 3.63) is 113 Å². The van der Waals surface area contributed by atoms with Crippen molar-refractivity contribution in [1.82, 2.24) is 41.3 Å². The molecular formula is C53H58F9N9O8. The zero-order chi connectivity index (χ0) is 57.8. The maximum Gasteiger partial charge on any atom is 0.407 e. The van der Waals surface area contributed by atoms with Crippen LogP contribution in [0.3, 0.4) is 0 Å². The molecule has 4 amide bonds. The summed E-state index contributed by atoms with van der Waals surface area (Å²) in [6.45, 7) is 3.33. The van der Waals surface area contributed by atoms with Crippen LogP contribution >= 0.6 is 0 Å². The molecule has 0 spiro atoms. The molecule has 4 fully saturated rings. The summed E-state index contributed by atoms with van der Waals surface area (Å²) in [6, 6.07) is 7.78. The highest BCUT2D eigenvalue weighted by molar-refractivity contribution is 5.87. The number of alkyl halides is 6. The van der Waals surface area contributed by atoms with Crippen LogP contribution in [-0.2, 0) is 36.8 Å². The van der Waals surface area contributed by atoms with Gasteiger partial charge < -0.3 is 40.2 Å². The van der Waals surface area contributed by atoms with E-state index in [1.807, 2.05) is 17.4 Å². The summed E-state index contributed by atoms with van der Waals surface area (Å²) in [7, 11) is 1.63. The number of methoxy groups -OCH3 is 2. The van der Waals surface area contributed by atoms with Gasteiger partial charge in [-0.15, -0.1) is 0 Å². The molecule has 2 aromatic carbocycles. The van der Waals surface area contributed by atoms with Crippen LogP contribution in [0, 0.1) is 40.1 Å². The largest absolute Gasteiger partial charge is 0.453 e. The number of aliphatic hydroxyl groups is 1. The van der Waals surface area contributed by atoms with Crippen LogP contribution in [0.1, 0.15) is 56.4 Å². The normalized spacial score (nSPS) is 18.4. The topological polar surface area (TPSA) is 200 Å². The summed E-state index contributed by atoms with van der Waals surface area (Å²) in [4.78, 5) is 66.1. The summed E-state index contributed by atoms with van der Waals surface area (Å²) in [5.74, 6) is 0.159. The lowest BCUT2D eigenvalue weighted by atomic mass is 9.82. The molecule has 6 heterocycles. The number of carbonyl (C=O) groups excluding carboxylic acids is 4. The highest BCUT2D eigenvalue weighted by Crippen LogP contribution is 2.42. The summed E-state index contributed by atoms with van der Waals surface area (Å²) in [5, 5.41) is 18.6. The van der Waals surface area contributed by atoms with Gasteiger partial charge in [-0.3, -0.25) is 24.9 Å². The minimum Gasteiger partial charge on any atom is -0.453 e. The minimum atomic E-state index is -5.21. The molecule has 79 heavy (non-hydrogen) atoms. The van der Waals surface area contributed by atoms with Crippen molar-refractivity contribution in [2.24, 2.45) is 10.8 Å². The van der Waals surface area contributed by atoms with E-state index in [4.69, 9.17) is 4.74 Å². The fourth-order valence-electron chi connectivity index (χ4n) is 9.34. The van der Waals surface area contributed by atoms with Gasteiger partial charge in [-0.05, 0) is 88.6 Å². The highest BCUT2D eigenvalue weighted by Gasteiger charge is 2.57. The lowest BCUT2D eigenvalue weighted by molar-refractivity contribution is -0.221. The number of aromatic nitrogens is 2. The molecule has 17 nitrogen and oxygen atoms in total. The number of piperazine rings is 1. The van der Waals surface area contributed by atoms with Crippen LogP contribution in [0.4, 0.5) is 54.9 Å². The van der Waals surface area contributed by atoms with Crippen molar-refractivity contribution in [3.8, 4) is 23.1 Å². The quantitative estimate of drug-likeness (QED) is 0.0431. The molecular weight excluding hydrogens is 1060 g/mol. The fourth-order valence-corrected chi connectivity index (χ4v) is 9.34. The van der Waals surface area contributed by atoms with Gasteiger partial charge in [0.15, 0.2) is 0 Å². The summed E-state index contributed by atoms with van der Waals surface area (Å²) in [5.41, 5.74) is -4.05. The van der Waals surface area contributed by atoms with Crippen LogP contribution in [-0.4, -0.2) is 151 Å². The number of halogens is 9. The Morgan fingerprint density at radius 2 is 1.32 bits per heavy atom. The van der Waals surface area contributed by atoms with Gasteiger partial charge in [0.05, 0.1) is 62.1 Å². The maximum absolute atomic E-state index is 16.0. The molecule has 5 N–H and O–H groups in total. The van der Waals surface area contributed by atoms with E-state index in [1.54, 1.807) is 23.6 Å². The third-order valence-corrected chi connectivity index (χ3v) is 14.4. The number of amides is 4. The molecule has 4 aliphatic heterocycles. The summed E-state index contributed by atoms with van der Waals surface area (Å²) >= 11 is 0. The summed E-state index contributed by atoms with van der Waals surface area (Å²) in [6.07, 6.45) is -12.1. The van der Waals surface area contributed by atoms with Crippen LogP contribution in [0.25, 0.3) is 11.3 Å². The van der Waals surface area contributed by atoms with E-state index in [2.05, 4.69) is 51.8 Å². The van der Waals surface area contributed by atoms with E-state index >= 15 is 8.78 Å². The molecule has 0 aliphatic carbocycles. The monoisotopic (exact) mass is 1120 g/mol. The average Bonchev–Trinajstić information content (AvgIpc) is 3.57. The number of benzene rings is 2. The number of hydrazine groups is 1. The number of carbonyl (C=O) groups is 4. The van der Waals surface area contributed by atoms with Crippen molar-refractivity contribution in [2.45, 2.75) is 102 Å². The van der Waals surface area contributed by atoms with E-state index in [0.29, 0.717) is 67.5 Å². The van der Waals surface area contributed by atoms with E-state index in [0.717, 1.165) is 83.2 Å². The number of ether oxygens (including phenoxy) is 3. The second kappa shape index (κ2) is 24.0. The van der Waals surface area contributed by atoms with Gasteiger partial charge in [0.2, 0.25) is 5.91 Å². The summed E-state index contributed by atoms with van der Waals surface area (Å²) < 4.78 is 148. The third-order valence-electron chi connectivity index (χ3n) is 14.4. The second-order valence-electron chi connectivity index (χ2n) is 20.5. The predicted octanol–water partition coefficient (Wildman–Crippen LogP) is 6.17. The van der Waals surface area contributed by atoms with Crippen LogP contribution in [0.2, 0.25) is 0 Å². The Balaban J connectivity index is 1.18. The Bertz CT molecular complexity index is 2880. The molecule has 0 saturated carbocycles. The molecule has 2 aromatic heterocycles. The standard InChI is InChI=1S/C53H58F9N9O8/c1-50(2,52(57,58)59)44(66-48(75)77-5)46(73)65-41(17-30-10-7-29(8-11-30)9-12-31-13-14-43(64-22-31)69-23-34-21-35(24-69)71(34)36-27-79-28-36)42(72)26-70(68-47(74)45(67-49(76)78-6)51(3,4)53(60,61)62)25-37-38(55)18-32(19-39(37)56)40-20-33(54)15-16-63-40/h7-8,10-11,13-16,18-20,22,34-36,41-42,44-45,72H,17,21,23-28H2,1-6H3,(H,65,73)(H,66,75)(H,67,76)(H,68,74)/t34?,35?,41-,42-,44+,45+/m0/s1. The van der Waals surface area contributed by atoms with Gasteiger partial charge in [0, 0.05) is 79.0 Å². The Kier molecular flexibility index (Phi) is 18.1. The molecule has 4 saturated heterocycles. The molecule has 26 heteroatoms. The van der Waals surface area contributed by atoms with E-state index in [-0.39, 0.29) is 11.3 Å². The highest BCUT2D eigenvalue weighted by atomic mass is 19.4. The van der Waals surface area contributed by atoms with Gasteiger partial charge in [-0.25, -0.2) is 32.8 Å². The number of alkyl carbamates (subject to hydrolysis) is 2. The van der Waals surface area contributed by atoms with Gasteiger partial charge in [0.25, 0.3) is 5.91 Å². The first-order valence-corrected chi connectivity index (χ1v) is 24.7. The number of pyridine rings is 2. The number of nitrogens with one attached hydrogen (secondary N) is 4. The van der Waals surface area contributed by atoms with Crippen molar-refractivity contribution >= 4 is 29.8 Å². The molecule has 8 rings (SSSR count). The molecule has 4 aromatic rings. The van der Waals surface area contributed by atoms with Crippen LogP contribution in [0.15, 0.2) is 73.1 Å². The molecule has 426 valence electrons. The van der Waals surface area contributed by atoms with Crippen LogP contribution in [0.5, 0.6) is 0 Å². The number of fused-ring (bicyclic) bond motifs is 2. The predicted molar refractivity (Wildman–Crippen MR) is 266 cm³/mol. The Morgan fingerprint density at radius 3 is 1.82 bits per heavy atom. The number of hydrogen-bond acceptors (Lipinski definition) is 13. The zero-order valence-electron chi connectivity index (χ0n) is 43.6. The Morgan fingerprint density at radius 1 is 0.759 bits per heavy atom. The number of anilines is 1. The van der Waals surface area contributed by atoms with E-state index in [1.165, 1.54) is 12.1 Å². The Labute approximate surface area is 448 Å². The number of hydrogen-bond donors (Lipinski definition) is 5. The lowest BCUT2D eigenvalue weighted by Gasteiger charge is -2.60. The first-order valence-electron chi connectivity index (χ1n) is 24.7. The van der Waals surface area contributed by atoms with E-state index in [9.17, 15) is 55.0 Å². The second-order valence-corrected chi connectivity index (χ2v) is 20.5. The average molecular weight is 1120 g/mol. The zero-order valence-corrected chi connectivity index (χ0v) is 43.6. The van der Waals surface area contributed by atoms with Gasteiger partial charge in [-0.1, -0.05) is 24.0 Å². The smallest absolute Gasteiger partial charge is 0.407 e. The Hall–Kier alpha value is -7.21. The van der Waals surface area contributed by atoms with Crippen molar-refractivity contribution in [2.75, 3.05) is 52.0 Å². The molecule has 4 aliphatic rings. The SMILES string of the molecule is COC(=O)N[C@H](C(=O)N[C@@H](Cc1ccc(C#Cc2ccc(N3CC4CC(C3)N4C3COC3)nc2)cc1)[C@@H](O)CN(Cc1c(F)cc(-c2cc(F)ccn2)cc1F)NC(=O)[C@@H](NC(=O)OC)C(C)(C)C(F)(F)F)C(C)(C)C(F)(F)F. The van der Waals surface area contributed by atoms with Crippen molar-refractivity contribution < 1.29 is 78.0 Å². The first-order chi connectivity index (χ1) is 37.1. The number of nitrogens with zero attached hydrogens (tertiary/aromatic N) is 5. The fraction of sp³-hybridized carbons (Fsp3) is 0.472. The van der Waals surface area contributed by atoms with Crippen molar-refractivity contribution in [1.29, 1.82) is 0 Å². The first kappa shape index (κ1) is 59.5. The van der Waals surface area contributed by atoms with Crippen LogP contribution < -0.4 is 26.3 Å². The minimum absolute atomic E-state index is 0.206. The molecule has 6 atom stereocenters. The molecule has 2 unspecified atom stereocenters. The number of rotatable bonds is 18. The number of aliphatic hydroxyl groups excluding tert-OH is 1. The lowest BCUT2D eigenvalue weighted by Crippen LogP contribution is -2.74. The molecule has 2 bridgehead atoms. The van der Waals surface area contributed by atoms with Crippen molar-refractivity contribution in [3.63, 3.8) is 0 Å². The maximum atomic E-state index is 16.0. The molecule has 0 radical (unpaired) electrons. The third kappa shape index (κ3) is 13.8.